The summed E-state index contributed by atoms with van der Waals surface area (Å²) in [6, 6.07) is 3.07. The van der Waals surface area contributed by atoms with E-state index < -0.39 is 17.7 Å². The van der Waals surface area contributed by atoms with Crippen molar-refractivity contribution in [1.82, 2.24) is 0 Å². The van der Waals surface area contributed by atoms with Crippen LogP contribution in [0.5, 0.6) is 0 Å². The third-order valence-electron chi connectivity index (χ3n) is 4.93. The van der Waals surface area contributed by atoms with Gasteiger partial charge in [0, 0.05) is 5.56 Å². The van der Waals surface area contributed by atoms with Crippen LogP contribution >= 0.6 is 0 Å². The Bertz CT molecular complexity index is 465. The molecule has 0 heterocycles. The molecular formula is C18H26F2O. The molecule has 21 heavy (non-hydrogen) atoms. The predicted octanol–water partition coefficient (Wildman–Crippen LogP) is 5.30. The number of rotatable bonds is 5. The Kier molecular flexibility index (Phi) is 5.74. The summed E-state index contributed by atoms with van der Waals surface area (Å²) in [5.74, 6) is -0.911. The van der Waals surface area contributed by atoms with Gasteiger partial charge in [0.2, 0.25) is 0 Å². The number of halogens is 2. The smallest absolute Gasteiger partial charge is 0.164 e. The van der Waals surface area contributed by atoms with Gasteiger partial charge in [-0.3, -0.25) is 0 Å². The highest BCUT2D eigenvalue weighted by Crippen LogP contribution is 2.39. The summed E-state index contributed by atoms with van der Waals surface area (Å²) < 4.78 is 27.6. The van der Waals surface area contributed by atoms with Crippen LogP contribution in [-0.4, -0.2) is 5.11 Å². The molecule has 2 rings (SSSR count). The second-order valence-electron chi connectivity index (χ2n) is 6.47. The first-order chi connectivity index (χ1) is 10.0. The lowest BCUT2D eigenvalue weighted by atomic mass is 9.76. The van der Waals surface area contributed by atoms with Crippen molar-refractivity contribution in [2.45, 2.75) is 64.9 Å². The van der Waals surface area contributed by atoms with Gasteiger partial charge in [-0.05, 0) is 37.2 Å². The van der Waals surface area contributed by atoms with E-state index >= 15 is 0 Å². The van der Waals surface area contributed by atoms with Crippen molar-refractivity contribution < 1.29 is 13.9 Å². The molecule has 1 fully saturated rings. The molecule has 0 amide bonds. The van der Waals surface area contributed by atoms with Crippen LogP contribution in [0.25, 0.3) is 0 Å². The van der Waals surface area contributed by atoms with Gasteiger partial charge in [0.25, 0.3) is 0 Å². The Morgan fingerprint density at radius 2 is 1.81 bits per heavy atom. The summed E-state index contributed by atoms with van der Waals surface area (Å²) in [7, 11) is 0. The van der Waals surface area contributed by atoms with E-state index in [0.29, 0.717) is 0 Å². The molecule has 118 valence electrons. The van der Waals surface area contributed by atoms with Crippen molar-refractivity contribution in [2.24, 2.45) is 11.8 Å². The number of aliphatic hydroxyl groups is 1. The molecule has 1 nitrogen and oxygen atoms in total. The van der Waals surface area contributed by atoms with Crippen LogP contribution in [0.2, 0.25) is 0 Å². The number of hydrogen-bond donors (Lipinski definition) is 1. The predicted molar refractivity (Wildman–Crippen MR) is 81.0 cm³/mol. The SMILES string of the molecule is CCCCC1CCC(C(O)c2ccc(C)c(F)c2F)CC1. The van der Waals surface area contributed by atoms with Gasteiger partial charge in [-0.1, -0.05) is 51.2 Å². The Labute approximate surface area is 126 Å². The van der Waals surface area contributed by atoms with Gasteiger partial charge < -0.3 is 5.11 Å². The van der Waals surface area contributed by atoms with Gasteiger partial charge in [-0.25, -0.2) is 8.78 Å². The number of benzene rings is 1. The first-order valence-electron chi connectivity index (χ1n) is 8.17. The van der Waals surface area contributed by atoms with E-state index in [4.69, 9.17) is 0 Å². The van der Waals surface area contributed by atoms with Crippen molar-refractivity contribution in [3.05, 3.63) is 34.9 Å². The number of aryl methyl sites for hydroxylation is 1. The Morgan fingerprint density at radius 1 is 1.14 bits per heavy atom. The summed E-state index contributed by atoms with van der Waals surface area (Å²) in [4.78, 5) is 0. The zero-order valence-electron chi connectivity index (χ0n) is 13.0. The van der Waals surface area contributed by atoms with Crippen LogP contribution in [0.15, 0.2) is 12.1 Å². The molecule has 0 radical (unpaired) electrons. The van der Waals surface area contributed by atoms with Crippen molar-refractivity contribution in [1.29, 1.82) is 0 Å². The van der Waals surface area contributed by atoms with Crippen LogP contribution in [0, 0.1) is 30.4 Å². The summed E-state index contributed by atoms with van der Waals surface area (Å²) in [5.41, 5.74) is 0.404. The molecule has 1 saturated carbocycles. The van der Waals surface area contributed by atoms with Crippen LogP contribution in [0.1, 0.15) is 69.1 Å². The van der Waals surface area contributed by atoms with Crippen molar-refractivity contribution >= 4 is 0 Å². The van der Waals surface area contributed by atoms with E-state index in [-0.39, 0.29) is 17.0 Å². The molecule has 1 aromatic rings. The zero-order valence-corrected chi connectivity index (χ0v) is 13.0. The Hall–Kier alpha value is -0.960. The quantitative estimate of drug-likeness (QED) is 0.781. The molecule has 1 unspecified atom stereocenters. The van der Waals surface area contributed by atoms with Gasteiger partial charge in [0.05, 0.1) is 6.10 Å². The van der Waals surface area contributed by atoms with Gasteiger partial charge in [-0.15, -0.1) is 0 Å². The molecule has 0 bridgehead atoms. The summed E-state index contributed by atoms with van der Waals surface area (Å²) in [5, 5.41) is 10.4. The molecule has 3 heteroatoms. The van der Waals surface area contributed by atoms with Crippen molar-refractivity contribution in [3.8, 4) is 0 Å². The van der Waals surface area contributed by atoms with Crippen LogP contribution in [0.3, 0.4) is 0 Å². The third kappa shape index (κ3) is 3.82. The van der Waals surface area contributed by atoms with E-state index in [1.165, 1.54) is 32.3 Å². The van der Waals surface area contributed by atoms with E-state index in [0.717, 1.165) is 31.6 Å². The van der Waals surface area contributed by atoms with E-state index in [1.54, 1.807) is 6.07 Å². The van der Waals surface area contributed by atoms with Gasteiger partial charge in [0.1, 0.15) is 0 Å². The minimum Gasteiger partial charge on any atom is -0.388 e. The lowest BCUT2D eigenvalue weighted by Gasteiger charge is -2.32. The molecule has 0 spiro atoms. The first-order valence-corrected chi connectivity index (χ1v) is 8.17. The average molecular weight is 296 g/mol. The van der Waals surface area contributed by atoms with Crippen LogP contribution in [0.4, 0.5) is 8.78 Å². The monoisotopic (exact) mass is 296 g/mol. The lowest BCUT2D eigenvalue weighted by molar-refractivity contribution is 0.0685. The fraction of sp³-hybridized carbons (Fsp3) is 0.667. The molecule has 1 aromatic carbocycles. The molecule has 1 aliphatic carbocycles. The van der Waals surface area contributed by atoms with Gasteiger partial charge in [-0.2, -0.15) is 0 Å². The van der Waals surface area contributed by atoms with Crippen LogP contribution < -0.4 is 0 Å². The minimum atomic E-state index is -0.882. The number of unbranched alkanes of at least 4 members (excludes halogenated alkanes) is 1. The summed E-state index contributed by atoms with van der Waals surface area (Å²) >= 11 is 0. The molecule has 0 aliphatic heterocycles. The van der Waals surface area contributed by atoms with Crippen molar-refractivity contribution in [3.63, 3.8) is 0 Å². The standard InChI is InChI=1S/C18H26F2O/c1-3-4-5-13-7-9-14(10-8-13)18(21)15-11-6-12(2)16(19)17(15)20/h6,11,13-14,18,21H,3-5,7-10H2,1-2H3. The van der Waals surface area contributed by atoms with Crippen LogP contribution in [-0.2, 0) is 0 Å². The van der Waals surface area contributed by atoms with E-state index in [1.807, 2.05) is 0 Å². The molecule has 1 atom stereocenters. The lowest BCUT2D eigenvalue weighted by Crippen LogP contribution is -2.21. The van der Waals surface area contributed by atoms with Crippen molar-refractivity contribution in [2.75, 3.05) is 0 Å². The highest BCUT2D eigenvalue weighted by atomic mass is 19.2. The molecule has 0 saturated heterocycles. The fourth-order valence-corrected chi connectivity index (χ4v) is 3.43. The maximum Gasteiger partial charge on any atom is 0.164 e. The van der Waals surface area contributed by atoms with E-state index in [2.05, 4.69) is 6.92 Å². The molecule has 0 aromatic heterocycles. The second kappa shape index (κ2) is 7.35. The normalized spacial score (nSPS) is 24.0. The molecular weight excluding hydrogens is 270 g/mol. The molecule has 1 N–H and O–H groups in total. The topological polar surface area (TPSA) is 20.2 Å². The Morgan fingerprint density at radius 3 is 2.43 bits per heavy atom. The highest BCUT2D eigenvalue weighted by molar-refractivity contribution is 5.27. The van der Waals surface area contributed by atoms with Gasteiger partial charge in [0.15, 0.2) is 11.6 Å². The fourth-order valence-electron chi connectivity index (χ4n) is 3.43. The van der Waals surface area contributed by atoms with E-state index in [9.17, 15) is 13.9 Å². The maximum atomic E-state index is 14.0. The van der Waals surface area contributed by atoms with Gasteiger partial charge >= 0.3 is 0 Å². The highest BCUT2D eigenvalue weighted by Gasteiger charge is 2.29. The summed E-state index contributed by atoms with van der Waals surface area (Å²) in [6.45, 7) is 3.73. The number of hydrogen-bond acceptors (Lipinski definition) is 1. The largest absolute Gasteiger partial charge is 0.388 e. The Balaban J connectivity index is 1.99. The second-order valence-corrected chi connectivity index (χ2v) is 6.47. The first kappa shape index (κ1) is 16.4. The zero-order chi connectivity index (χ0) is 15.4. The average Bonchev–Trinajstić information content (AvgIpc) is 2.51. The number of aliphatic hydroxyl groups excluding tert-OH is 1. The molecule has 1 aliphatic rings. The minimum absolute atomic E-state index is 0.0551. The third-order valence-corrected chi connectivity index (χ3v) is 4.93. The summed E-state index contributed by atoms with van der Waals surface area (Å²) in [6.07, 6.45) is 6.86. The maximum absolute atomic E-state index is 14.0.